The van der Waals surface area contributed by atoms with E-state index in [2.05, 4.69) is 0 Å². The fourth-order valence-electron chi connectivity index (χ4n) is 2.78. The fraction of sp³-hybridized carbons (Fsp3) is 0.333. The number of epoxide rings is 1. The molecule has 3 rings (SSSR count). The van der Waals surface area contributed by atoms with Crippen LogP contribution in [0.4, 0.5) is 0 Å². The van der Waals surface area contributed by atoms with Crippen LogP contribution >= 0.6 is 11.6 Å². The van der Waals surface area contributed by atoms with Crippen LogP contribution in [0.15, 0.2) is 30.4 Å². The molecule has 3 atom stereocenters. The van der Waals surface area contributed by atoms with Gasteiger partial charge in [-0.05, 0) is 13.0 Å². The first-order chi connectivity index (χ1) is 11.9. The minimum absolute atomic E-state index is 0.0348. The van der Waals surface area contributed by atoms with Crippen molar-refractivity contribution in [2.24, 2.45) is 0 Å². The average Bonchev–Trinajstić information content (AvgIpc) is 3.25. The van der Waals surface area contributed by atoms with Gasteiger partial charge in [0.25, 0.3) is 0 Å². The van der Waals surface area contributed by atoms with Gasteiger partial charge in [0.15, 0.2) is 5.78 Å². The number of benzene rings is 1. The van der Waals surface area contributed by atoms with Crippen LogP contribution < -0.4 is 0 Å². The summed E-state index contributed by atoms with van der Waals surface area (Å²) in [6.07, 6.45) is 6.13. The summed E-state index contributed by atoms with van der Waals surface area (Å²) in [6, 6.07) is 0.958. The lowest BCUT2D eigenvalue weighted by Gasteiger charge is -2.16. The van der Waals surface area contributed by atoms with Crippen molar-refractivity contribution in [3.8, 4) is 11.5 Å². The molecule has 0 radical (unpaired) electrons. The van der Waals surface area contributed by atoms with Crippen molar-refractivity contribution in [2.75, 3.05) is 0 Å². The third-order valence-corrected chi connectivity index (χ3v) is 4.49. The molecule has 1 fully saturated rings. The van der Waals surface area contributed by atoms with E-state index in [-0.39, 0.29) is 40.6 Å². The summed E-state index contributed by atoms with van der Waals surface area (Å²) in [6.45, 7) is 1.72. The highest BCUT2D eigenvalue weighted by molar-refractivity contribution is 6.33. The highest BCUT2D eigenvalue weighted by Crippen LogP contribution is 2.37. The second-order valence-corrected chi connectivity index (χ2v) is 6.44. The van der Waals surface area contributed by atoms with Crippen LogP contribution in [0.5, 0.6) is 11.5 Å². The normalized spacial score (nSPS) is 26.4. The van der Waals surface area contributed by atoms with E-state index in [9.17, 15) is 19.8 Å². The molecule has 0 unspecified atom stereocenters. The first-order valence-electron chi connectivity index (χ1n) is 7.84. The minimum Gasteiger partial charge on any atom is -0.507 e. The number of ether oxygens (including phenoxy) is 2. The topological polar surface area (TPSA) is 96.4 Å². The predicted octanol–water partition coefficient (Wildman–Crippen LogP) is 2.69. The molecule has 0 aromatic heterocycles. The molecule has 2 aliphatic rings. The van der Waals surface area contributed by atoms with Crippen molar-refractivity contribution in [1.29, 1.82) is 0 Å². The van der Waals surface area contributed by atoms with Crippen LogP contribution in [0.25, 0.3) is 0 Å². The summed E-state index contributed by atoms with van der Waals surface area (Å²) < 4.78 is 10.8. The number of phenols is 2. The van der Waals surface area contributed by atoms with Gasteiger partial charge in [-0.1, -0.05) is 29.8 Å². The number of halogens is 1. The van der Waals surface area contributed by atoms with Crippen molar-refractivity contribution >= 4 is 23.4 Å². The van der Waals surface area contributed by atoms with Crippen LogP contribution in [0.2, 0.25) is 5.02 Å². The maximum absolute atomic E-state index is 12.5. The number of fused-ring (bicyclic) bond motifs is 2. The molecule has 1 saturated heterocycles. The van der Waals surface area contributed by atoms with Gasteiger partial charge in [0.2, 0.25) is 0 Å². The smallest absolute Gasteiger partial charge is 0.342 e. The monoisotopic (exact) mass is 364 g/mol. The van der Waals surface area contributed by atoms with Gasteiger partial charge in [0, 0.05) is 24.5 Å². The third kappa shape index (κ3) is 3.86. The second kappa shape index (κ2) is 6.90. The second-order valence-electron chi connectivity index (χ2n) is 6.06. The largest absolute Gasteiger partial charge is 0.507 e. The summed E-state index contributed by atoms with van der Waals surface area (Å²) in [5.41, 5.74) is -0.176. The molecule has 0 aliphatic carbocycles. The van der Waals surface area contributed by atoms with Crippen LogP contribution in [-0.4, -0.2) is 40.3 Å². The van der Waals surface area contributed by atoms with Gasteiger partial charge in [-0.2, -0.15) is 0 Å². The summed E-state index contributed by atoms with van der Waals surface area (Å²) in [7, 11) is 0. The van der Waals surface area contributed by atoms with Crippen molar-refractivity contribution in [3.63, 3.8) is 0 Å². The van der Waals surface area contributed by atoms with Gasteiger partial charge in [0.05, 0.1) is 11.1 Å². The first-order valence-corrected chi connectivity index (χ1v) is 8.22. The quantitative estimate of drug-likeness (QED) is 0.542. The van der Waals surface area contributed by atoms with Crippen molar-refractivity contribution in [2.45, 2.75) is 38.1 Å². The molecule has 132 valence electrons. The Morgan fingerprint density at radius 1 is 1.20 bits per heavy atom. The van der Waals surface area contributed by atoms with Crippen LogP contribution in [0, 0.1) is 0 Å². The zero-order valence-corrected chi connectivity index (χ0v) is 14.2. The highest BCUT2D eigenvalue weighted by Gasteiger charge is 2.38. The SMILES string of the molecule is C[C@@H]1C[C@H]2O[C@H]2C=CC=CC(=O)Cc2c(Cl)c(O)cc(O)c2C(=O)O1. The maximum Gasteiger partial charge on any atom is 0.342 e. The fourth-order valence-corrected chi connectivity index (χ4v) is 3.00. The van der Waals surface area contributed by atoms with Gasteiger partial charge in [0.1, 0.15) is 29.3 Å². The Bertz CT molecular complexity index is 782. The first kappa shape index (κ1) is 17.5. The molecular weight excluding hydrogens is 348 g/mol. The molecule has 0 saturated carbocycles. The van der Waals surface area contributed by atoms with Crippen LogP contribution in [0.3, 0.4) is 0 Å². The number of carbonyl (C=O) groups is 2. The number of rotatable bonds is 0. The van der Waals surface area contributed by atoms with Gasteiger partial charge < -0.3 is 19.7 Å². The van der Waals surface area contributed by atoms with E-state index in [0.717, 1.165) is 6.07 Å². The van der Waals surface area contributed by atoms with E-state index in [1.165, 1.54) is 6.08 Å². The zero-order valence-electron chi connectivity index (χ0n) is 13.4. The molecule has 7 heteroatoms. The summed E-state index contributed by atoms with van der Waals surface area (Å²) >= 11 is 6.05. The molecular formula is C18H17ClO6. The number of aromatic hydroxyl groups is 2. The lowest BCUT2D eigenvalue weighted by Crippen LogP contribution is -2.19. The van der Waals surface area contributed by atoms with E-state index in [4.69, 9.17) is 21.1 Å². The Kier molecular flexibility index (Phi) is 4.83. The Balaban J connectivity index is 2.01. The van der Waals surface area contributed by atoms with Gasteiger partial charge in [-0.25, -0.2) is 4.79 Å². The summed E-state index contributed by atoms with van der Waals surface area (Å²) in [5.74, 6) is -2.04. The zero-order chi connectivity index (χ0) is 18.1. The van der Waals surface area contributed by atoms with Crippen LogP contribution in [0.1, 0.15) is 29.3 Å². The predicted molar refractivity (Wildman–Crippen MR) is 89.9 cm³/mol. The van der Waals surface area contributed by atoms with Crippen molar-refractivity contribution in [3.05, 3.63) is 46.5 Å². The van der Waals surface area contributed by atoms with E-state index in [1.807, 2.05) is 6.08 Å². The Labute approximate surface area is 149 Å². The third-order valence-electron chi connectivity index (χ3n) is 4.06. The van der Waals surface area contributed by atoms with E-state index < -0.39 is 23.6 Å². The lowest BCUT2D eigenvalue weighted by atomic mass is 10.00. The number of esters is 1. The summed E-state index contributed by atoms with van der Waals surface area (Å²) in [5, 5.41) is 19.7. The molecule has 2 heterocycles. The number of hydrogen-bond donors (Lipinski definition) is 2. The molecule has 6 nitrogen and oxygen atoms in total. The van der Waals surface area contributed by atoms with Crippen LogP contribution in [-0.2, 0) is 20.7 Å². The Hall–Kier alpha value is -2.31. The Morgan fingerprint density at radius 2 is 1.96 bits per heavy atom. The standard InChI is InChI=1S/C18H17ClO6/c1-9-6-15-14(25-15)5-3-2-4-10(20)7-11-16(18(23)24-9)12(21)8-13(22)17(11)19/h2-5,8-9,14-15,21-22H,6-7H2,1H3/t9-,14+,15-/m1/s1. The molecule has 0 bridgehead atoms. The number of hydrogen-bond acceptors (Lipinski definition) is 6. The molecule has 1 aromatic carbocycles. The summed E-state index contributed by atoms with van der Waals surface area (Å²) in [4.78, 5) is 24.6. The minimum atomic E-state index is -0.802. The Morgan fingerprint density at radius 3 is 2.72 bits per heavy atom. The average molecular weight is 365 g/mol. The highest BCUT2D eigenvalue weighted by atomic mass is 35.5. The molecule has 1 aromatic rings. The van der Waals surface area contributed by atoms with Crippen molar-refractivity contribution < 1.29 is 29.3 Å². The molecule has 0 amide bonds. The van der Waals surface area contributed by atoms with Gasteiger partial charge in [-0.3, -0.25) is 4.79 Å². The molecule has 0 spiro atoms. The van der Waals surface area contributed by atoms with Gasteiger partial charge in [-0.15, -0.1) is 0 Å². The van der Waals surface area contributed by atoms with Gasteiger partial charge >= 0.3 is 5.97 Å². The number of carbonyl (C=O) groups excluding carboxylic acids is 2. The molecule has 25 heavy (non-hydrogen) atoms. The maximum atomic E-state index is 12.5. The van der Waals surface area contributed by atoms with E-state index >= 15 is 0 Å². The van der Waals surface area contributed by atoms with Crippen molar-refractivity contribution in [1.82, 2.24) is 0 Å². The number of ketones is 1. The molecule has 2 aliphatic heterocycles. The molecule has 2 N–H and O–H groups in total. The number of allylic oxidation sites excluding steroid dienone is 3. The number of phenolic OH excluding ortho intramolecular Hbond substituents is 2. The number of cyclic esters (lactones) is 1. The van der Waals surface area contributed by atoms with E-state index in [0.29, 0.717) is 6.42 Å². The van der Waals surface area contributed by atoms with E-state index in [1.54, 1.807) is 19.1 Å². The lowest BCUT2D eigenvalue weighted by molar-refractivity contribution is -0.114.